The highest BCUT2D eigenvalue weighted by molar-refractivity contribution is 5.79. The third kappa shape index (κ3) is 7.33. The fourth-order valence-electron chi connectivity index (χ4n) is 3.59. The second-order valence-corrected chi connectivity index (χ2v) is 8.32. The summed E-state index contributed by atoms with van der Waals surface area (Å²) in [6.45, 7) is 13.3. The van der Waals surface area contributed by atoms with Crippen LogP contribution in [0.15, 0.2) is 29.3 Å². The Labute approximate surface area is 186 Å². The van der Waals surface area contributed by atoms with Gasteiger partial charge in [0.05, 0.1) is 13.2 Å². The Morgan fingerprint density at radius 1 is 1.19 bits per heavy atom. The summed E-state index contributed by atoms with van der Waals surface area (Å²) in [6, 6.07) is 8.70. The van der Waals surface area contributed by atoms with Crippen LogP contribution in [0, 0.1) is 13.8 Å². The SMILES string of the molecule is Cc1cccc(C(C)CNC(=NCc2nnc(C)n2C)NCCCN2CCOCC2)c1. The first kappa shape index (κ1) is 23.2. The van der Waals surface area contributed by atoms with E-state index in [4.69, 9.17) is 9.73 Å². The summed E-state index contributed by atoms with van der Waals surface area (Å²) in [5.41, 5.74) is 2.63. The molecule has 0 radical (unpaired) electrons. The third-order valence-electron chi connectivity index (χ3n) is 5.80. The molecule has 8 nitrogen and oxygen atoms in total. The van der Waals surface area contributed by atoms with Gasteiger partial charge in [-0.2, -0.15) is 0 Å². The lowest BCUT2D eigenvalue weighted by Gasteiger charge is -2.26. The molecule has 2 heterocycles. The first-order chi connectivity index (χ1) is 15.0. The second kappa shape index (κ2) is 11.8. The molecule has 1 fully saturated rings. The minimum absolute atomic E-state index is 0.386. The van der Waals surface area contributed by atoms with Crippen molar-refractivity contribution in [3.63, 3.8) is 0 Å². The Morgan fingerprint density at radius 3 is 2.71 bits per heavy atom. The van der Waals surface area contributed by atoms with Crippen molar-refractivity contribution < 1.29 is 4.74 Å². The highest BCUT2D eigenvalue weighted by Gasteiger charge is 2.11. The van der Waals surface area contributed by atoms with Crippen LogP contribution in [0.25, 0.3) is 0 Å². The summed E-state index contributed by atoms with van der Waals surface area (Å²) in [5.74, 6) is 2.96. The number of guanidine groups is 1. The van der Waals surface area contributed by atoms with Gasteiger partial charge < -0.3 is 19.9 Å². The molecule has 1 aliphatic heterocycles. The lowest BCUT2D eigenvalue weighted by molar-refractivity contribution is 0.0376. The van der Waals surface area contributed by atoms with Crippen LogP contribution >= 0.6 is 0 Å². The van der Waals surface area contributed by atoms with Crippen LogP contribution in [0.4, 0.5) is 0 Å². The average Bonchev–Trinajstić information content (AvgIpc) is 3.10. The maximum atomic E-state index is 5.43. The van der Waals surface area contributed by atoms with Crippen LogP contribution < -0.4 is 10.6 Å². The van der Waals surface area contributed by atoms with Crippen molar-refractivity contribution in [1.82, 2.24) is 30.3 Å². The molecule has 2 N–H and O–H groups in total. The molecule has 1 unspecified atom stereocenters. The van der Waals surface area contributed by atoms with E-state index in [0.29, 0.717) is 12.5 Å². The molecule has 1 aromatic carbocycles. The molecule has 0 amide bonds. The minimum Gasteiger partial charge on any atom is -0.379 e. The van der Waals surface area contributed by atoms with Crippen molar-refractivity contribution >= 4 is 5.96 Å². The van der Waals surface area contributed by atoms with E-state index in [1.807, 2.05) is 18.5 Å². The topological polar surface area (TPSA) is 79.6 Å². The first-order valence-electron chi connectivity index (χ1n) is 11.3. The molecule has 0 bridgehead atoms. The third-order valence-corrected chi connectivity index (χ3v) is 5.80. The molecule has 1 aliphatic rings. The van der Waals surface area contributed by atoms with E-state index in [9.17, 15) is 0 Å². The summed E-state index contributed by atoms with van der Waals surface area (Å²) in [6.07, 6.45) is 1.07. The number of aliphatic imine (C=N–C) groups is 1. The number of aromatic nitrogens is 3. The molecule has 31 heavy (non-hydrogen) atoms. The molecule has 1 atom stereocenters. The molecule has 0 spiro atoms. The molecule has 0 saturated carbocycles. The highest BCUT2D eigenvalue weighted by Crippen LogP contribution is 2.15. The van der Waals surface area contributed by atoms with Crippen LogP contribution in [0.2, 0.25) is 0 Å². The van der Waals surface area contributed by atoms with Gasteiger partial charge in [-0.1, -0.05) is 36.8 Å². The fourth-order valence-corrected chi connectivity index (χ4v) is 3.59. The molecule has 1 aromatic heterocycles. The maximum Gasteiger partial charge on any atom is 0.191 e. The number of aryl methyl sites for hydroxylation is 2. The van der Waals surface area contributed by atoms with Gasteiger partial charge in [0.15, 0.2) is 11.8 Å². The number of nitrogens with one attached hydrogen (secondary N) is 2. The quantitative estimate of drug-likeness (QED) is 0.362. The monoisotopic (exact) mass is 427 g/mol. The predicted molar refractivity (Wildman–Crippen MR) is 124 cm³/mol. The predicted octanol–water partition coefficient (Wildman–Crippen LogP) is 1.99. The van der Waals surface area contributed by atoms with Crippen molar-refractivity contribution in [2.45, 2.75) is 39.7 Å². The number of nitrogens with zero attached hydrogens (tertiary/aromatic N) is 5. The zero-order valence-electron chi connectivity index (χ0n) is 19.4. The molecular formula is C23H37N7O. The lowest BCUT2D eigenvalue weighted by Crippen LogP contribution is -2.41. The summed E-state index contributed by atoms with van der Waals surface area (Å²) in [7, 11) is 1.98. The van der Waals surface area contributed by atoms with Gasteiger partial charge in [0, 0.05) is 33.2 Å². The number of rotatable bonds is 9. The van der Waals surface area contributed by atoms with Crippen molar-refractivity contribution in [3.05, 3.63) is 47.0 Å². The van der Waals surface area contributed by atoms with Crippen molar-refractivity contribution in [2.24, 2.45) is 12.0 Å². The Kier molecular flexibility index (Phi) is 8.85. The van der Waals surface area contributed by atoms with E-state index < -0.39 is 0 Å². The summed E-state index contributed by atoms with van der Waals surface area (Å²) in [4.78, 5) is 7.23. The van der Waals surface area contributed by atoms with E-state index in [1.165, 1.54) is 11.1 Å². The Balaban J connectivity index is 1.54. The summed E-state index contributed by atoms with van der Waals surface area (Å²) >= 11 is 0. The Bertz CT molecular complexity index is 842. The van der Waals surface area contributed by atoms with Gasteiger partial charge in [0.25, 0.3) is 0 Å². The van der Waals surface area contributed by atoms with Crippen molar-refractivity contribution in [1.29, 1.82) is 0 Å². The smallest absolute Gasteiger partial charge is 0.191 e. The minimum atomic E-state index is 0.386. The molecule has 8 heteroatoms. The number of morpholine rings is 1. The maximum absolute atomic E-state index is 5.43. The van der Waals surface area contributed by atoms with E-state index >= 15 is 0 Å². The Morgan fingerprint density at radius 2 is 2.00 bits per heavy atom. The second-order valence-electron chi connectivity index (χ2n) is 8.32. The van der Waals surface area contributed by atoms with Gasteiger partial charge in [0.2, 0.25) is 0 Å². The van der Waals surface area contributed by atoms with Crippen LogP contribution in [-0.4, -0.2) is 71.6 Å². The van der Waals surface area contributed by atoms with Gasteiger partial charge in [-0.25, -0.2) is 4.99 Å². The number of hydrogen-bond acceptors (Lipinski definition) is 5. The van der Waals surface area contributed by atoms with E-state index in [-0.39, 0.29) is 0 Å². The zero-order valence-corrected chi connectivity index (χ0v) is 19.4. The molecular weight excluding hydrogens is 390 g/mol. The molecule has 1 saturated heterocycles. The number of ether oxygens (including phenoxy) is 1. The lowest BCUT2D eigenvalue weighted by atomic mass is 9.99. The van der Waals surface area contributed by atoms with Gasteiger partial charge >= 0.3 is 0 Å². The van der Waals surface area contributed by atoms with E-state index in [1.54, 1.807) is 0 Å². The molecule has 3 rings (SSSR count). The van der Waals surface area contributed by atoms with Crippen LogP contribution in [0.1, 0.15) is 42.0 Å². The molecule has 170 valence electrons. The van der Waals surface area contributed by atoms with Gasteiger partial charge in [-0.3, -0.25) is 4.90 Å². The van der Waals surface area contributed by atoms with Crippen molar-refractivity contribution in [3.8, 4) is 0 Å². The van der Waals surface area contributed by atoms with E-state index in [0.717, 1.165) is 70.0 Å². The fraction of sp³-hybridized carbons (Fsp3) is 0.609. The Hall–Kier alpha value is -2.45. The van der Waals surface area contributed by atoms with Gasteiger partial charge in [-0.05, 0) is 38.3 Å². The van der Waals surface area contributed by atoms with E-state index in [2.05, 4.69) is 63.8 Å². The summed E-state index contributed by atoms with van der Waals surface area (Å²) < 4.78 is 7.41. The van der Waals surface area contributed by atoms with Crippen LogP contribution in [0.3, 0.4) is 0 Å². The van der Waals surface area contributed by atoms with Crippen molar-refractivity contribution in [2.75, 3.05) is 45.9 Å². The van der Waals surface area contributed by atoms with Crippen LogP contribution in [-0.2, 0) is 18.3 Å². The number of benzene rings is 1. The van der Waals surface area contributed by atoms with Gasteiger partial charge in [-0.15, -0.1) is 10.2 Å². The average molecular weight is 428 g/mol. The number of hydrogen-bond donors (Lipinski definition) is 2. The summed E-state index contributed by atoms with van der Waals surface area (Å²) in [5, 5.41) is 15.4. The largest absolute Gasteiger partial charge is 0.379 e. The van der Waals surface area contributed by atoms with Gasteiger partial charge in [0.1, 0.15) is 12.4 Å². The zero-order chi connectivity index (χ0) is 22.1. The highest BCUT2D eigenvalue weighted by atomic mass is 16.5. The standard InChI is InChI=1S/C23H37N7O/c1-18-7-5-8-21(15-18)19(2)16-25-23(26-17-22-28-27-20(3)29(22)4)24-9-6-10-30-11-13-31-14-12-30/h5,7-8,15,19H,6,9-14,16-17H2,1-4H3,(H2,24,25,26). The normalized spacial score (nSPS) is 16.3. The molecule has 2 aromatic rings. The molecule has 0 aliphatic carbocycles. The first-order valence-corrected chi connectivity index (χ1v) is 11.3. The van der Waals surface area contributed by atoms with Crippen LogP contribution in [0.5, 0.6) is 0 Å².